The molecular formula is C10H18O5. The van der Waals surface area contributed by atoms with Gasteiger partial charge in [-0.15, -0.1) is 0 Å². The molecule has 0 aromatic carbocycles. The van der Waals surface area contributed by atoms with Crippen molar-refractivity contribution < 1.29 is 23.7 Å². The van der Waals surface area contributed by atoms with Crippen LogP contribution in [-0.2, 0) is 23.7 Å². The van der Waals surface area contributed by atoms with E-state index in [1.165, 1.54) is 0 Å². The predicted octanol–water partition coefficient (Wildman–Crippen LogP) is 0.526. The lowest BCUT2D eigenvalue weighted by molar-refractivity contribution is -0.172. The fourth-order valence-corrected chi connectivity index (χ4v) is 1.72. The van der Waals surface area contributed by atoms with Crippen LogP contribution >= 0.6 is 0 Å². The van der Waals surface area contributed by atoms with E-state index < -0.39 is 5.79 Å². The molecule has 15 heavy (non-hydrogen) atoms. The first-order valence-corrected chi connectivity index (χ1v) is 5.16. The Balaban J connectivity index is 1.87. The van der Waals surface area contributed by atoms with E-state index in [-0.39, 0.29) is 25.1 Å². The molecule has 0 bridgehead atoms. The van der Waals surface area contributed by atoms with E-state index in [9.17, 15) is 0 Å². The summed E-state index contributed by atoms with van der Waals surface area (Å²) in [5.74, 6) is -0.520. The molecule has 2 aliphatic rings. The first-order chi connectivity index (χ1) is 7.12. The van der Waals surface area contributed by atoms with Gasteiger partial charge in [-0.3, -0.25) is 0 Å². The SMILES string of the molecule is COCO[C@@H]([C@H]1CO1)[C@H]1COC(C)(C)O1. The van der Waals surface area contributed by atoms with E-state index in [1.807, 2.05) is 13.8 Å². The number of ether oxygens (including phenoxy) is 5. The fourth-order valence-electron chi connectivity index (χ4n) is 1.72. The van der Waals surface area contributed by atoms with Gasteiger partial charge in [-0.2, -0.15) is 0 Å². The van der Waals surface area contributed by atoms with Crippen molar-refractivity contribution in [2.45, 2.75) is 37.9 Å². The minimum Gasteiger partial charge on any atom is -0.370 e. The molecule has 0 N–H and O–H groups in total. The molecule has 5 nitrogen and oxygen atoms in total. The Labute approximate surface area is 89.6 Å². The van der Waals surface area contributed by atoms with Gasteiger partial charge in [0.05, 0.1) is 13.2 Å². The van der Waals surface area contributed by atoms with Crippen LogP contribution in [0.15, 0.2) is 0 Å². The van der Waals surface area contributed by atoms with Gasteiger partial charge < -0.3 is 23.7 Å². The largest absolute Gasteiger partial charge is 0.370 e. The van der Waals surface area contributed by atoms with Crippen molar-refractivity contribution in [3.8, 4) is 0 Å². The van der Waals surface area contributed by atoms with Crippen LogP contribution in [0.5, 0.6) is 0 Å². The van der Waals surface area contributed by atoms with Crippen LogP contribution in [0.4, 0.5) is 0 Å². The van der Waals surface area contributed by atoms with Crippen LogP contribution < -0.4 is 0 Å². The molecule has 0 aromatic rings. The molecule has 2 aliphatic heterocycles. The van der Waals surface area contributed by atoms with Gasteiger partial charge in [0, 0.05) is 7.11 Å². The highest BCUT2D eigenvalue weighted by Gasteiger charge is 2.45. The quantitative estimate of drug-likeness (QED) is 0.497. The molecule has 0 aliphatic carbocycles. The molecule has 2 fully saturated rings. The Morgan fingerprint density at radius 1 is 1.33 bits per heavy atom. The zero-order valence-electron chi connectivity index (χ0n) is 9.39. The lowest BCUT2D eigenvalue weighted by Gasteiger charge is -2.22. The molecule has 0 aromatic heterocycles. The highest BCUT2D eigenvalue weighted by atomic mass is 16.8. The summed E-state index contributed by atoms with van der Waals surface area (Å²) in [4.78, 5) is 0. The van der Waals surface area contributed by atoms with Crippen molar-refractivity contribution >= 4 is 0 Å². The lowest BCUT2D eigenvalue weighted by atomic mass is 10.1. The van der Waals surface area contributed by atoms with E-state index in [0.29, 0.717) is 6.61 Å². The zero-order valence-corrected chi connectivity index (χ0v) is 9.39. The number of hydrogen-bond donors (Lipinski definition) is 0. The van der Waals surface area contributed by atoms with E-state index >= 15 is 0 Å². The molecule has 0 spiro atoms. The second-order valence-corrected chi connectivity index (χ2v) is 4.28. The summed E-state index contributed by atoms with van der Waals surface area (Å²) in [5.41, 5.74) is 0. The standard InChI is InChI=1S/C10H18O5/c1-10(2)14-5-8(15-10)9(7-4-12-7)13-6-11-3/h7-9H,4-6H2,1-3H3/t7-,8-,9+/m1/s1. The fraction of sp³-hybridized carbons (Fsp3) is 1.00. The molecule has 3 atom stereocenters. The van der Waals surface area contributed by atoms with Gasteiger partial charge in [0.1, 0.15) is 25.1 Å². The monoisotopic (exact) mass is 218 g/mol. The van der Waals surface area contributed by atoms with Gasteiger partial charge >= 0.3 is 0 Å². The molecule has 5 heteroatoms. The highest BCUT2D eigenvalue weighted by molar-refractivity contribution is 4.89. The summed E-state index contributed by atoms with van der Waals surface area (Å²) in [5, 5.41) is 0. The van der Waals surface area contributed by atoms with Gasteiger partial charge in [0.15, 0.2) is 5.79 Å². The Morgan fingerprint density at radius 2 is 2.07 bits per heavy atom. The van der Waals surface area contributed by atoms with Crippen molar-refractivity contribution in [3.63, 3.8) is 0 Å². The third kappa shape index (κ3) is 2.89. The summed E-state index contributed by atoms with van der Waals surface area (Å²) >= 11 is 0. The average Bonchev–Trinajstić information content (AvgIpc) is 2.93. The summed E-state index contributed by atoms with van der Waals surface area (Å²) in [6.45, 7) is 5.32. The second kappa shape index (κ2) is 4.35. The van der Waals surface area contributed by atoms with Crippen molar-refractivity contribution in [1.82, 2.24) is 0 Å². The Bertz CT molecular complexity index is 214. The van der Waals surface area contributed by atoms with Gasteiger partial charge in [-0.25, -0.2) is 0 Å². The van der Waals surface area contributed by atoms with Crippen LogP contribution in [0.3, 0.4) is 0 Å². The normalized spacial score (nSPS) is 35.4. The third-order valence-electron chi connectivity index (χ3n) is 2.50. The number of hydrogen-bond acceptors (Lipinski definition) is 5. The maximum atomic E-state index is 5.73. The first kappa shape index (κ1) is 11.3. The van der Waals surface area contributed by atoms with Crippen LogP contribution in [0.2, 0.25) is 0 Å². The summed E-state index contributed by atoms with van der Waals surface area (Å²) in [6, 6.07) is 0. The number of rotatable bonds is 5. The van der Waals surface area contributed by atoms with Crippen molar-refractivity contribution in [1.29, 1.82) is 0 Å². The minimum atomic E-state index is -0.520. The van der Waals surface area contributed by atoms with Gasteiger partial charge in [0.2, 0.25) is 0 Å². The van der Waals surface area contributed by atoms with E-state index in [1.54, 1.807) is 7.11 Å². The smallest absolute Gasteiger partial charge is 0.163 e. The van der Waals surface area contributed by atoms with Crippen molar-refractivity contribution in [2.24, 2.45) is 0 Å². The third-order valence-corrected chi connectivity index (χ3v) is 2.50. The molecule has 0 radical (unpaired) electrons. The molecule has 88 valence electrons. The molecular weight excluding hydrogens is 200 g/mol. The van der Waals surface area contributed by atoms with E-state index in [0.717, 1.165) is 6.61 Å². The molecule has 2 rings (SSSR count). The van der Waals surface area contributed by atoms with Crippen molar-refractivity contribution in [2.75, 3.05) is 27.1 Å². The molecule has 0 saturated carbocycles. The maximum Gasteiger partial charge on any atom is 0.163 e. The Hall–Kier alpha value is -0.200. The summed E-state index contributed by atoms with van der Waals surface area (Å²) in [7, 11) is 1.60. The topological polar surface area (TPSA) is 49.5 Å². The van der Waals surface area contributed by atoms with Crippen LogP contribution in [0, 0.1) is 0 Å². The van der Waals surface area contributed by atoms with Crippen LogP contribution in [0.1, 0.15) is 13.8 Å². The first-order valence-electron chi connectivity index (χ1n) is 5.16. The number of epoxide rings is 1. The molecule has 0 amide bonds. The van der Waals surface area contributed by atoms with Gasteiger partial charge in [-0.05, 0) is 13.8 Å². The van der Waals surface area contributed by atoms with E-state index in [4.69, 9.17) is 23.7 Å². The minimum absolute atomic E-state index is 0.0670. The predicted molar refractivity (Wildman–Crippen MR) is 51.4 cm³/mol. The second-order valence-electron chi connectivity index (χ2n) is 4.28. The summed E-state index contributed by atoms with van der Waals surface area (Å²) in [6.07, 6.45) is -0.0305. The van der Waals surface area contributed by atoms with Crippen molar-refractivity contribution in [3.05, 3.63) is 0 Å². The molecule has 2 saturated heterocycles. The molecule has 0 unspecified atom stereocenters. The Kier molecular flexibility index (Phi) is 3.27. The average molecular weight is 218 g/mol. The van der Waals surface area contributed by atoms with Gasteiger partial charge in [0.25, 0.3) is 0 Å². The van der Waals surface area contributed by atoms with Crippen LogP contribution in [0.25, 0.3) is 0 Å². The van der Waals surface area contributed by atoms with Gasteiger partial charge in [-0.1, -0.05) is 0 Å². The Morgan fingerprint density at radius 3 is 2.53 bits per heavy atom. The van der Waals surface area contributed by atoms with Crippen LogP contribution in [-0.4, -0.2) is 51.2 Å². The lowest BCUT2D eigenvalue weighted by Crippen LogP contribution is -2.37. The highest BCUT2D eigenvalue weighted by Crippen LogP contribution is 2.30. The van der Waals surface area contributed by atoms with E-state index in [2.05, 4.69) is 0 Å². The zero-order chi connectivity index (χ0) is 10.9. The summed E-state index contributed by atoms with van der Waals surface area (Å²) < 4.78 is 26.9. The number of methoxy groups -OCH3 is 1. The molecule has 2 heterocycles. The maximum absolute atomic E-state index is 5.73.